The monoisotopic (exact) mass is 305 g/mol. The molecule has 0 saturated heterocycles. The Kier molecular flexibility index (Phi) is 3.78. The summed E-state index contributed by atoms with van der Waals surface area (Å²) in [5.41, 5.74) is 5.13. The molecule has 23 heavy (non-hydrogen) atoms. The van der Waals surface area contributed by atoms with Crippen LogP contribution in [-0.4, -0.2) is 17.7 Å². The summed E-state index contributed by atoms with van der Waals surface area (Å²) in [5, 5.41) is 0. The lowest BCUT2D eigenvalue weighted by molar-refractivity contribution is 0.0907. The van der Waals surface area contributed by atoms with Gasteiger partial charge in [-0.2, -0.15) is 0 Å². The topological polar surface area (TPSA) is 20.3 Å². The molecule has 0 saturated carbocycles. The lowest BCUT2D eigenvalue weighted by Crippen LogP contribution is -2.34. The molecule has 0 fully saturated rings. The average Bonchev–Trinajstić information content (AvgIpc) is 2.61. The van der Waals surface area contributed by atoms with Crippen LogP contribution in [0.5, 0.6) is 0 Å². The van der Waals surface area contributed by atoms with Gasteiger partial charge in [-0.25, -0.2) is 0 Å². The quantitative estimate of drug-likeness (QED) is 0.800. The van der Waals surface area contributed by atoms with E-state index >= 15 is 0 Å². The van der Waals surface area contributed by atoms with Crippen molar-refractivity contribution >= 4 is 5.78 Å². The van der Waals surface area contributed by atoms with Crippen LogP contribution in [0.2, 0.25) is 0 Å². The summed E-state index contributed by atoms with van der Waals surface area (Å²) in [6, 6.07) is 17.9. The Morgan fingerprint density at radius 1 is 0.870 bits per heavy atom. The van der Waals surface area contributed by atoms with E-state index in [-0.39, 0.29) is 0 Å². The zero-order valence-electron chi connectivity index (χ0n) is 13.7. The number of Topliss-reactive ketones (excluding diaryl/α,β-unsaturated/α-hetero) is 1. The van der Waals surface area contributed by atoms with E-state index in [0.717, 1.165) is 12.0 Å². The van der Waals surface area contributed by atoms with Gasteiger partial charge < -0.3 is 0 Å². The summed E-state index contributed by atoms with van der Waals surface area (Å²) in [4.78, 5) is 14.7. The lowest BCUT2D eigenvalue weighted by atomic mass is 9.82. The van der Waals surface area contributed by atoms with Crippen LogP contribution in [0.1, 0.15) is 64.8 Å². The first kappa shape index (κ1) is 14.6. The number of ketones is 1. The van der Waals surface area contributed by atoms with Crippen molar-refractivity contribution in [2.45, 2.75) is 44.2 Å². The predicted molar refractivity (Wildman–Crippen MR) is 92.6 cm³/mol. The summed E-state index contributed by atoms with van der Waals surface area (Å²) in [5.74, 6) is 0.300. The van der Waals surface area contributed by atoms with Crippen molar-refractivity contribution < 1.29 is 4.79 Å². The molecule has 0 bridgehead atoms. The van der Waals surface area contributed by atoms with Gasteiger partial charge in [0.2, 0.25) is 0 Å². The lowest BCUT2D eigenvalue weighted by Gasteiger charge is -2.40. The van der Waals surface area contributed by atoms with Gasteiger partial charge in [0.25, 0.3) is 0 Å². The number of carbonyl (C=O) groups excluding carboxylic acids is 1. The molecular formula is C21H23NO. The van der Waals surface area contributed by atoms with Gasteiger partial charge >= 0.3 is 0 Å². The largest absolute Gasteiger partial charge is 0.294 e. The maximum Gasteiger partial charge on any atom is 0.163 e. The Bertz CT molecular complexity index is 736. The van der Waals surface area contributed by atoms with Gasteiger partial charge in [0.1, 0.15) is 0 Å². The van der Waals surface area contributed by atoms with E-state index in [4.69, 9.17) is 0 Å². The van der Waals surface area contributed by atoms with Gasteiger partial charge in [0, 0.05) is 24.1 Å². The molecule has 2 aromatic carbocycles. The standard InChI is InChI=1S/C21H23NO/c1-22(19-12-6-8-15-7-2-3-9-16(15)19)20-13-14-21(23)18-11-5-4-10-17(18)20/h2-5,7,9-11,19-20H,6,8,12-14H2,1H3. The fourth-order valence-electron chi connectivity index (χ4n) is 4.39. The minimum absolute atomic E-state index is 0.300. The Morgan fingerprint density at radius 2 is 1.57 bits per heavy atom. The molecule has 2 aromatic rings. The molecule has 2 aliphatic carbocycles. The zero-order valence-corrected chi connectivity index (χ0v) is 13.7. The fourth-order valence-corrected chi connectivity index (χ4v) is 4.39. The minimum Gasteiger partial charge on any atom is -0.294 e. The molecule has 0 N–H and O–H groups in total. The SMILES string of the molecule is CN(C1CCCc2ccccc21)C1CCC(=O)c2ccccc21. The van der Waals surface area contributed by atoms with Crippen LogP contribution in [-0.2, 0) is 6.42 Å². The van der Waals surface area contributed by atoms with Crippen molar-refractivity contribution in [3.63, 3.8) is 0 Å². The normalized spacial score (nSPS) is 23.5. The Hall–Kier alpha value is -1.93. The third-order valence-electron chi connectivity index (χ3n) is 5.59. The molecule has 118 valence electrons. The van der Waals surface area contributed by atoms with Gasteiger partial charge in [-0.3, -0.25) is 9.69 Å². The average molecular weight is 305 g/mol. The third-order valence-corrected chi connectivity index (χ3v) is 5.59. The molecule has 2 unspecified atom stereocenters. The summed E-state index contributed by atoms with van der Waals surface area (Å²) in [6.45, 7) is 0. The van der Waals surface area contributed by atoms with Gasteiger partial charge in [-0.05, 0) is 49.4 Å². The van der Waals surface area contributed by atoms with E-state index < -0.39 is 0 Å². The van der Waals surface area contributed by atoms with Crippen molar-refractivity contribution in [1.82, 2.24) is 4.90 Å². The minimum atomic E-state index is 0.300. The summed E-state index contributed by atoms with van der Waals surface area (Å²) in [6.07, 6.45) is 5.26. The van der Waals surface area contributed by atoms with Crippen LogP contribution in [0.15, 0.2) is 48.5 Å². The zero-order chi connectivity index (χ0) is 15.8. The van der Waals surface area contributed by atoms with Crippen LogP contribution >= 0.6 is 0 Å². The second kappa shape index (κ2) is 5.93. The van der Waals surface area contributed by atoms with Crippen molar-refractivity contribution in [1.29, 1.82) is 0 Å². The van der Waals surface area contributed by atoms with Crippen LogP contribution in [0.3, 0.4) is 0 Å². The molecule has 0 radical (unpaired) electrons. The molecule has 0 amide bonds. The molecule has 4 rings (SSSR count). The predicted octanol–water partition coefficient (Wildman–Crippen LogP) is 4.71. The van der Waals surface area contributed by atoms with Crippen LogP contribution < -0.4 is 0 Å². The van der Waals surface area contributed by atoms with Crippen LogP contribution in [0.25, 0.3) is 0 Å². The van der Waals surface area contributed by atoms with Gasteiger partial charge in [0.05, 0.1) is 0 Å². The first-order valence-corrected chi connectivity index (χ1v) is 8.67. The smallest absolute Gasteiger partial charge is 0.163 e. The van der Waals surface area contributed by atoms with E-state index in [2.05, 4.69) is 48.3 Å². The maximum absolute atomic E-state index is 12.2. The molecular weight excluding hydrogens is 282 g/mol. The van der Waals surface area contributed by atoms with Crippen LogP contribution in [0, 0.1) is 0 Å². The Morgan fingerprint density at radius 3 is 2.43 bits per heavy atom. The van der Waals surface area contributed by atoms with E-state index in [1.165, 1.54) is 36.0 Å². The van der Waals surface area contributed by atoms with Crippen molar-refractivity contribution in [2.24, 2.45) is 0 Å². The van der Waals surface area contributed by atoms with Gasteiger partial charge in [-0.15, -0.1) is 0 Å². The summed E-state index contributed by atoms with van der Waals surface area (Å²) < 4.78 is 0. The molecule has 2 heteroatoms. The maximum atomic E-state index is 12.2. The van der Waals surface area contributed by atoms with E-state index in [0.29, 0.717) is 24.3 Å². The van der Waals surface area contributed by atoms with Crippen molar-refractivity contribution in [3.05, 3.63) is 70.8 Å². The first-order chi connectivity index (χ1) is 11.3. The highest BCUT2D eigenvalue weighted by molar-refractivity contribution is 5.98. The first-order valence-electron chi connectivity index (χ1n) is 8.67. The van der Waals surface area contributed by atoms with Crippen molar-refractivity contribution in [2.75, 3.05) is 7.05 Å². The highest BCUT2D eigenvalue weighted by Crippen LogP contribution is 2.41. The highest BCUT2D eigenvalue weighted by Gasteiger charge is 2.33. The Balaban J connectivity index is 1.70. The molecule has 0 heterocycles. The van der Waals surface area contributed by atoms with Gasteiger partial charge in [-0.1, -0.05) is 48.5 Å². The molecule has 2 aliphatic rings. The van der Waals surface area contributed by atoms with Gasteiger partial charge in [0.15, 0.2) is 5.78 Å². The van der Waals surface area contributed by atoms with E-state index in [9.17, 15) is 4.79 Å². The number of hydrogen-bond acceptors (Lipinski definition) is 2. The number of rotatable bonds is 2. The number of fused-ring (bicyclic) bond motifs is 2. The van der Waals surface area contributed by atoms with E-state index in [1.54, 1.807) is 0 Å². The van der Waals surface area contributed by atoms with E-state index in [1.807, 2.05) is 12.1 Å². The van der Waals surface area contributed by atoms with Crippen LogP contribution in [0.4, 0.5) is 0 Å². The number of carbonyl (C=O) groups is 1. The second-order valence-electron chi connectivity index (χ2n) is 6.84. The third kappa shape index (κ3) is 2.51. The number of nitrogens with zero attached hydrogens (tertiary/aromatic N) is 1. The summed E-state index contributed by atoms with van der Waals surface area (Å²) >= 11 is 0. The molecule has 0 aromatic heterocycles. The number of hydrogen-bond donors (Lipinski definition) is 0. The second-order valence-corrected chi connectivity index (χ2v) is 6.84. The number of aryl methyl sites for hydroxylation is 1. The molecule has 0 spiro atoms. The molecule has 2 atom stereocenters. The highest BCUT2D eigenvalue weighted by atomic mass is 16.1. The molecule has 0 aliphatic heterocycles. The summed E-state index contributed by atoms with van der Waals surface area (Å²) in [7, 11) is 2.24. The fraction of sp³-hybridized carbons (Fsp3) is 0.381. The Labute approximate surface area is 138 Å². The number of benzene rings is 2. The van der Waals surface area contributed by atoms with Crippen molar-refractivity contribution in [3.8, 4) is 0 Å². The molecule has 2 nitrogen and oxygen atoms in total.